The van der Waals surface area contributed by atoms with Crippen molar-refractivity contribution in [3.05, 3.63) is 77.9 Å². The van der Waals surface area contributed by atoms with Crippen LogP contribution in [0.1, 0.15) is 55.5 Å². The molecular weight excluding hydrogens is 747 g/mol. The predicted molar refractivity (Wildman–Crippen MR) is 199 cm³/mol. The van der Waals surface area contributed by atoms with Gasteiger partial charge in [0.15, 0.2) is 29.3 Å². The summed E-state index contributed by atoms with van der Waals surface area (Å²) in [5.41, 5.74) is 0.607. The van der Waals surface area contributed by atoms with E-state index >= 15 is 0 Å². The van der Waals surface area contributed by atoms with Gasteiger partial charge in [0.2, 0.25) is 23.6 Å². The van der Waals surface area contributed by atoms with Gasteiger partial charge in [-0.15, -0.1) is 0 Å². The van der Waals surface area contributed by atoms with Crippen LogP contribution in [-0.4, -0.2) is 106 Å². The van der Waals surface area contributed by atoms with Gasteiger partial charge in [-0.05, 0) is 67.0 Å². The van der Waals surface area contributed by atoms with Gasteiger partial charge >= 0.3 is 0 Å². The Morgan fingerprint density at radius 2 is 1.62 bits per heavy atom. The molecule has 4 aliphatic heterocycles. The van der Waals surface area contributed by atoms with Gasteiger partial charge < -0.3 is 53.6 Å². The number of benzene rings is 3. The Morgan fingerprint density at radius 3 is 2.36 bits per heavy atom. The minimum absolute atomic E-state index is 0.00114. The molecule has 7 rings (SSSR count). The second kappa shape index (κ2) is 16.9. The summed E-state index contributed by atoms with van der Waals surface area (Å²) < 4.78 is 63.5. The number of unbranched alkanes of at least 4 members (excludes halogenated alkanes) is 1. The third-order valence-electron chi connectivity index (χ3n) is 10.8. The van der Waals surface area contributed by atoms with Crippen molar-refractivity contribution in [2.45, 2.75) is 75.3 Å². The van der Waals surface area contributed by atoms with Gasteiger partial charge in [-0.2, -0.15) is 4.31 Å². The molecule has 56 heavy (non-hydrogen) atoms. The zero-order valence-corrected chi connectivity index (χ0v) is 32.3. The molecule has 2 amide bonds. The molecule has 16 heteroatoms. The van der Waals surface area contributed by atoms with E-state index in [1.165, 1.54) is 22.5 Å². The summed E-state index contributed by atoms with van der Waals surface area (Å²) in [6, 6.07) is 16.8. The van der Waals surface area contributed by atoms with Gasteiger partial charge in [-0.1, -0.05) is 50.6 Å². The molecule has 0 unspecified atom stereocenters. The first-order valence-electron chi connectivity index (χ1n) is 18.9. The molecule has 0 aromatic heterocycles. The quantitative estimate of drug-likeness (QED) is 0.191. The van der Waals surface area contributed by atoms with E-state index in [-0.39, 0.29) is 55.6 Å². The number of amides is 2. The van der Waals surface area contributed by atoms with Crippen molar-refractivity contribution in [2.24, 2.45) is 11.3 Å². The van der Waals surface area contributed by atoms with Crippen LogP contribution in [-0.2, 0) is 25.9 Å². The molecule has 0 saturated carbocycles. The van der Waals surface area contributed by atoms with Crippen LogP contribution in [0, 0.1) is 11.3 Å². The Morgan fingerprint density at radius 1 is 0.929 bits per heavy atom. The number of nitrogens with one attached hydrogen (secondary N) is 1. The standard InChI is InChI=1S/C40H49N3O12S/c1-40(2,15-6-7-16-41-37(45)27-10-12-33-35(19-27)54-24-52-33)23-42(56(48,49)28-11-13-34-36(20-28)55-25-53-34)21-32(44)30(18-26-8-4-3-5-9-26)43(39(46)47)31-22-51-38-29(31)14-17-50-38/h3-5,8-13,19-20,29-32,38,44H,6-7,14-18,21-25H2,1-2H3,(H,41,45)(H,46,47)/p-1/t29-,30-,31-,32+,38+/m0/s1. The average Bonchev–Trinajstić information content (AvgIpc) is 4.00. The molecule has 4 heterocycles. The Labute approximate surface area is 326 Å². The van der Waals surface area contributed by atoms with E-state index in [9.17, 15) is 28.2 Å². The highest BCUT2D eigenvalue weighted by Crippen LogP contribution is 2.38. The summed E-state index contributed by atoms with van der Waals surface area (Å²) in [7, 11) is -4.28. The molecule has 0 aliphatic carbocycles. The van der Waals surface area contributed by atoms with Gasteiger partial charge in [0.25, 0.3) is 5.91 Å². The highest BCUT2D eigenvalue weighted by Gasteiger charge is 2.47. The van der Waals surface area contributed by atoms with E-state index in [2.05, 4.69) is 5.32 Å². The second-order valence-corrected chi connectivity index (χ2v) is 17.3. The second-order valence-electron chi connectivity index (χ2n) is 15.3. The van der Waals surface area contributed by atoms with Gasteiger partial charge in [-0.3, -0.25) is 4.79 Å². The Bertz CT molecular complexity index is 1980. The zero-order chi connectivity index (χ0) is 39.5. The third-order valence-corrected chi connectivity index (χ3v) is 12.7. The van der Waals surface area contributed by atoms with Crippen molar-refractivity contribution in [1.29, 1.82) is 0 Å². The van der Waals surface area contributed by atoms with E-state index in [4.69, 9.17) is 28.4 Å². The minimum Gasteiger partial charge on any atom is -0.530 e. The summed E-state index contributed by atoms with van der Waals surface area (Å²) in [4.78, 5) is 26.9. The lowest BCUT2D eigenvalue weighted by molar-refractivity contribution is -0.273. The molecule has 0 bridgehead atoms. The maximum atomic E-state index is 14.6. The number of rotatable bonds is 17. The smallest absolute Gasteiger partial charge is 0.251 e. The zero-order valence-electron chi connectivity index (χ0n) is 31.5. The van der Waals surface area contributed by atoms with E-state index in [0.717, 1.165) is 10.5 Å². The fraction of sp³-hybridized carbons (Fsp3) is 0.500. The maximum absolute atomic E-state index is 14.6. The van der Waals surface area contributed by atoms with Gasteiger partial charge in [-0.25, -0.2) is 8.42 Å². The van der Waals surface area contributed by atoms with E-state index < -0.39 is 52.6 Å². The molecule has 0 radical (unpaired) electrons. The average molecular weight is 795 g/mol. The van der Waals surface area contributed by atoms with Gasteiger partial charge in [0, 0.05) is 37.2 Å². The number of hydrogen-bond donors (Lipinski definition) is 2. The van der Waals surface area contributed by atoms with Crippen molar-refractivity contribution in [1.82, 2.24) is 14.5 Å². The molecule has 5 atom stereocenters. The first-order valence-corrected chi connectivity index (χ1v) is 20.4. The molecular formula is C40H48N3O12S-. The number of sulfonamides is 1. The summed E-state index contributed by atoms with van der Waals surface area (Å²) in [6.07, 6.45) is -0.961. The molecule has 302 valence electrons. The van der Waals surface area contributed by atoms with Crippen molar-refractivity contribution < 1.29 is 56.6 Å². The molecule has 2 N–H and O–H groups in total. The molecule has 2 saturated heterocycles. The summed E-state index contributed by atoms with van der Waals surface area (Å²) in [6.45, 7) is 4.43. The van der Waals surface area contributed by atoms with Crippen molar-refractivity contribution in [3.8, 4) is 23.0 Å². The first-order chi connectivity index (χ1) is 26.9. The van der Waals surface area contributed by atoms with Crippen molar-refractivity contribution in [3.63, 3.8) is 0 Å². The first kappa shape index (κ1) is 39.6. The molecule has 0 spiro atoms. The number of aliphatic hydroxyl groups is 1. The van der Waals surface area contributed by atoms with Crippen LogP contribution in [0.15, 0.2) is 71.6 Å². The normalized spacial score (nSPS) is 20.8. The van der Waals surface area contributed by atoms with Crippen molar-refractivity contribution in [2.75, 3.05) is 46.4 Å². The lowest BCUT2D eigenvalue weighted by Crippen LogP contribution is -2.61. The summed E-state index contributed by atoms with van der Waals surface area (Å²) >= 11 is 0. The number of hydrogen-bond acceptors (Lipinski definition) is 12. The van der Waals surface area contributed by atoms with Gasteiger partial charge in [0.05, 0.1) is 36.3 Å². The minimum atomic E-state index is -4.28. The highest BCUT2D eigenvalue weighted by molar-refractivity contribution is 7.89. The fourth-order valence-electron chi connectivity index (χ4n) is 7.91. The summed E-state index contributed by atoms with van der Waals surface area (Å²) in [5.74, 6) is 1.32. The van der Waals surface area contributed by atoms with E-state index in [0.29, 0.717) is 61.6 Å². The number of aliphatic hydroxyl groups excluding tert-OH is 1. The SMILES string of the molecule is CC(C)(CCCCNC(=O)c1ccc2c(c1)OCO2)CN(C[C@@H](O)[C@H](Cc1ccccc1)N(C(=O)[O-])[C@H]1CO[C@H]2OCC[C@H]21)S(=O)(=O)c1ccc2c(c1)OCO2. The van der Waals surface area contributed by atoms with Crippen LogP contribution in [0.5, 0.6) is 23.0 Å². The molecule has 3 aromatic carbocycles. The molecule has 15 nitrogen and oxygen atoms in total. The Hall–Kier alpha value is -4.61. The third kappa shape index (κ3) is 8.84. The molecule has 2 fully saturated rings. The topological polar surface area (TPSA) is 185 Å². The summed E-state index contributed by atoms with van der Waals surface area (Å²) in [5, 5.41) is 28.1. The number of fused-ring (bicyclic) bond motifs is 3. The fourth-order valence-corrected chi connectivity index (χ4v) is 9.57. The monoisotopic (exact) mass is 794 g/mol. The number of nitrogens with zero attached hydrogens (tertiary/aromatic N) is 2. The number of carboxylic acid groups (broad SMARTS) is 1. The molecule has 4 aliphatic rings. The number of ether oxygens (including phenoxy) is 6. The highest BCUT2D eigenvalue weighted by atomic mass is 32.2. The van der Waals surface area contributed by atoms with Crippen LogP contribution >= 0.6 is 0 Å². The lowest BCUT2D eigenvalue weighted by Gasteiger charge is -2.43. The van der Waals surface area contributed by atoms with Crippen LogP contribution in [0.3, 0.4) is 0 Å². The maximum Gasteiger partial charge on any atom is 0.251 e. The van der Waals surface area contributed by atoms with Crippen LogP contribution < -0.4 is 29.4 Å². The van der Waals surface area contributed by atoms with Gasteiger partial charge in [0.1, 0.15) is 6.09 Å². The Balaban J connectivity index is 1.09. The predicted octanol–water partition coefficient (Wildman–Crippen LogP) is 3.14. The van der Waals surface area contributed by atoms with E-state index in [1.54, 1.807) is 18.2 Å². The Kier molecular flexibility index (Phi) is 11.9. The number of carbonyl (C=O) groups is 2. The van der Waals surface area contributed by atoms with Crippen LogP contribution in [0.25, 0.3) is 0 Å². The van der Waals surface area contributed by atoms with Crippen LogP contribution in [0.4, 0.5) is 4.79 Å². The lowest BCUT2D eigenvalue weighted by atomic mass is 9.87. The van der Waals surface area contributed by atoms with Crippen molar-refractivity contribution >= 4 is 22.0 Å². The number of carbonyl (C=O) groups excluding carboxylic acids is 2. The van der Waals surface area contributed by atoms with E-state index in [1.807, 2.05) is 44.2 Å². The largest absolute Gasteiger partial charge is 0.530 e. The van der Waals surface area contributed by atoms with Crippen LogP contribution in [0.2, 0.25) is 0 Å². The molecule has 3 aromatic rings.